The number of aliphatic hydroxyl groups excluding tert-OH is 1. The van der Waals surface area contributed by atoms with Crippen molar-refractivity contribution < 1.29 is 23.4 Å². The van der Waals surface area contributed by atoms with Crippen LogP contribution in [-0.2, 0) is 17.9 Å². The molecule has 0 radical (unpaired) electrons. The first-order valence-electron chi connectivity index (χ1n) is 9.93. The molecule has 0 amide bonds. The van der Waals surface area contributed by atoms with Gasteiger partial charge in [-0.2, -0.15) is 8.78 Å². The summed E-state index contributed by atoms with van der Waals surface area (Å²) in [4.78, 5) is 4.59. The number of guanidine groups is 1. The standard InChI is InChI=1S/C22H29F2N3O3.HI/c1-3-25-22(26-13-17-7-5-6-8-18(17)15-29-4-2)27-14-20(28)16-9-11-19(12-10-16)30-21(23)24;/h5-12,20-21,28H,3-4,13-15H2,1-2H3,(H2,25,26,27);1H. The molecular formula is C22H30F2IN3O3. The van der Waals surface area contributed by atoms with E-state index >= 15 is 0 Å². The average molecular weight is 549 g/mol. The first-order valence-corrected chi connectivity index (χ1v) is 9.93. The minimum absolute atomic E-state index is 0. The Bertz CT molecular complexity index is 792. The molecule has 2 aromatic rings. The van der Waals surface area contributed by atoms with E-state index in [0.717, 1.165) is 11.1 Å². The van der Waals surface area contributed by atoms with Crippen molar-refractivity contribution >= 4 is 29.9 Å². The van der Waals surface area contributed by atoms with Gasteiger partial charge in [0.05, 0.1) is 19.3 Å². The van der Waals surface area contributed by atoms with Crippen LogP contribution < -0.4 is 15.4 Å². The molecule has 0 aliphatic heterocycles. The van der Waals surface area contributed by atoms with Gasteiger partial charge in [-0.05, 0) is 42.7 Å². The second kappa shape index (κ2) is 14.9. The number of ether oxygens (including phenoxy) is 2. The molecule has 31 heavy (non-hydrogen) atoms. The van der Waals surface area contributed by atoms with Gasteiger partial charge in [0, 0.05) is 19.7 Å². The van der Waals surface area contributed by atoms with Crippen molar-refractivity contribution in [2.75, 3.05) is 19.7 Å². The van der Waals surface area contributed by atoms with Gasteiger partial charge >= 0.3 is 6.61 Å². The highest BCUT2D eigenvalue weighted by atomic mass is 127. The summed E-state index contributed by atoms with van der Waals surface area (Å²) in [5.41, 5.74) is 2.74. The third-order valence-corrected chi connectivity index (χ3v) is 4.28. The molecular weight excluding hydrogens is 519 g/mol. The molecule has 6 nitrogen and oxygen atoms in total. The van der Waals surface area contributed by atoms with E-state index in [-0.39, 0.29) is 36.3 Å². The van der Waals surface area contributed by atoms with E-state index in [4.69, 9.17) is 4.74 Å². The topological polar surface area (TPSA) is 75.1 Å². The van der Waals surface area contributed by atoms with E-state index < -0.39 is 12.7 Å². The Labute approximate surface area is 199 Å². The Morgan fingerprint density at radius 2 is 1.71 bits per heavy atom. The molecule has 2 aromatic carbocycles. The number of aliphatic imine (C=N–C) groups is 1. The Kier molecular flexibility index (Phi) is 13.0. The third kappa shape index (κ3) is 9.79. The fourth-order valence-corrected chi connectivity index (χ4v) is 2.75. The monoisotopic (exact) mass is 549 g/mol. The van der Waals surface area contributed by atoms with Crippen LogP contribution in [0.3, 0.4) is 0 Å². The number of nitrogens with one attached hydrogen (secondary N) is 2. The quantitative estimate of drug-likeness (QED) is 0.222. The zero-order chi connectivity index (χ0) is 21.8. The lowest BCUT2D eigenvalue weighted by Gasteiger charge is -2.16. The van der Waals surface area contributed by atoms with Crippen LogP contribution in [-0.4, -0.2) is 37.4 Å². The van der Waals surface area contributed by atoms with Crippen LogP contribution in [0.1, 0.15) is 36.6 Å². The number of aliphatic hydroxyl groups is 1. The second-order valence-corrected chi connectivity index (χ2v) is 6.45. The largest absolute Gasteiger partial charge is 0.435 e. The lowest BCUT2D eigenvalue weighted by atomic mass is 10.1. The molecule has 0 saturated heterocycles. The number of hydrogen-bond donors (Lipinski definition) is 3. The summed E-state index contributed by atoms with van der Waals surface area (Å²) in [5.74, 6) is 0.620. The van der Waals surface area contributed by atoms with E-state index in [0.29, 0.717) is 37.8 Å². The number of alkyl halides is 2. The SMILES string of the molecule is CCNC(=NCc1ccccc1COCC)NCC(O)c1ccc(OC(F)F)cc1.I. The highest BCUT2D eigenvalue weighted by molar-refractivity contribution is 14.0. The van der Waals surface area contributed by atoms with Gasteiger partial charge in [-0.25, -0.2) is 4.99 Å². The molecule has 2 rings (SSSR count). The number of rotatable bonds is 11. The maximum atomic E-state index is 12.2. The van der Waals surface area contributed by atoms with Gasteiger partial charge in [-0.3, -0.25) is 0 Å². The molecule has 0 bridgehead atoms. The molecule has 0 aliphatic rings. The second-order valence-electron chi connectivity index (χ2n) is 6.45. The molecule has 9 heteroatoms. The smallest absolute Gasteiger partial charge is 0.387 e. The van der Waals surface area contributed by atoms with Crippen LogP contribution in [0.25, 0.3) is 0 Å². The maximum Gasteiger partial charge on any atom is 0.387 e. The summed E-state index contributed by atoms with van der Waals surface area (Å²) in [6, 6.07) is 13.9. The van der Waals surface area contributed by atoms with Crippen LogP contribution in [0.15, 0.2) is 53.5 Å². The molecule has 0 saturated carbocycles. The van der Waals surface area contributed by atoms with Crippen molar-refractivity contribution in [1.29, 1.82) is 0 Å². The lowest BCUT2D eigenvalue weighted by Crippen LogP contribution is -2.39. The molecule has 3 N–H and O–H groups in total. The molecule has 1 unspecified atom stereocenters. The molecule has 0 heterocycles. The van der Waals surface area contributed by atoms with E-state index in [1.165, 1.54) is 12.1 Å². The highest BCUT2D eigenvalue weighted by Gasteiger charge is 2.10. The normalized spacial score (nSPS) is 12.3. The fourth-order valence-electron chi connectivity index (χ4n) is 2.75. The van der Waals surface area contributed by atoms with Crippen molar-refractivity contribution in [3.05, 3.63) is 65.2 Å². The number of hydrogen-bond acceptors (Lipinski definition) is 4. The molecule has 0 fully saturated rings. The van der Waals surface area contributed by atoms with Crippen LogP contribution in [0.4, 0.5) is 8.78 Å². The number of benzene rings is 2. The Hall–Kier alpha value is -1.98. The molecule has 1 atom stereocenters. The van der Waals surface area contributed by atoms with Gasteiger partial charge in [0.15, 0.2) is 5.96 Å². The number of nitrogens with zero attached hydrogens (tertiary/aromatic N) is 1. The van der Waals surface area contributed by atoms with Gasteiger partial charge < -0.3 is 25.2 Å². The van der Waals surface area contributed by atoms with Crippen LogP contribution in [0.2, 0.25) is 0 Å². The lowest BCUT2D eigenvalue weighted by molar-refractivity contribution is -0.0498. The summed E-state index contributed by atoms with van der Waals surface area (Å²) in [7, 11) is 0. The minimum atomic E-state index is -2.88. The summed E-state index contributed by atoms with van der Waals surface area (Å²) >= 11 is 0. The van der Waals surface area contributed by atoms with Crippen molar-refractivity contribution in [3.63, 3.8) is 0 Å². The minimum Gasteiger partial charge on any atom is -0.435 e. The van der Waals surface area contributed by atoms with E-state index in [2.05, 4.69) is 20.4 Å². The van der Waals surface area contributed by atoms with E-state index in [1.54, 1.807) is 12.1 Å². The van der Waals surface area contributed by atoms with Crippen LogP contribution >= 0.6 is 24.0 Å². The van der Waals surface area contributed by atoms with E-state index in [9.17, 15) is 13.9 Å². The van der Waals surface area contributed by atoms with Crippen LogP contribution in [0, 0.1) is 0 Å². The van der Waals surface area contributed by atoms with Crippen molar-refractivity contribution in [2.45, 2.75) is 39.7 Å². The Balaban J connectivity index is 0.00000480. The van der Waals surface area contributed by atoms with Crippen molar-refractivity contribution in [2.24, 2.45) is 4.99 Å². The Morgan fingerprint density at radius 1 is 1.03 bits per heavy atom. The number of halogens is 3. The molecule has 0 aliphatic carbocycles. The predicted molar refractivity (Wildman–Crippen MR) is 128 cm³/mol. The van der Waals surface area contributed by atoms with Crippen LogP contribution in [0.5, 0.6) is 5.75 Å². The Morgan fingerprint density at radius 3 is 2.32 bits per heavy atom. The first-order chi connectivity index (χ1) is 14.5. The summed E-state index contributed by atoms with van der Waals surface area (Å²) < 4.78 is 34.3. The third-order valence-electron chi connectivity index (χ3n) is 4.28. The van der Waals surface area contributed by atoms with Gasteiger partial charge in [-0.1, -0.05) is 36.4 Å². The molecule has 172 valence electrons. The molecule has 0 aromatic heterocycles. The fraction of sp³-hybridized carbons (Fsp3) is 0.409. The van der Waals surface area contributed by atoms with Crippen molar-refractivity contribution in [1.82, 2.24) is 10.6 Å². The summed E-state index contributed by atoms with van der Waals surface area (Å²) in [5, 5.41) is 16.6. The maximum absolute atomic E-state index is 12.2. The zero-order valence-electron chi connectivity index (χ0n) is 17.7. The first kappa shape index (κ1) is 27.1. The highest BCUT2D eigenvalue weighted by Crippen LogP contribution is 2.19. The van der Waals surface area contributed by atoms with Gasteiger partial charge in [0.25, 0.3) is 0 Å². The van der Waals surface area contributed by atoms with Gasteiger partial charge in [0.1, 0.15) is 5.75 Å². The summed E-state index contributed by atoms with van der Waals surface area (Å²) in [6.07, 6.45) is -0.834. The zero-order valence-corrected chi connectivity index (χ0v) is 20.0. The van der Waals surface area contributed by atoms with Crippen molar-refractivity contribution in [3.8, 4) is 5.75 Å². The van der Waals surface area contributed by atoms with E-state index in [1.807, 2.05) is 38.1 Å². The molecule has 0 spiro atoms. The summed E-state index contributed by atoms with van der Waals surface area (Å²) in [6.45, 7) is 3.57. The average Bonchev–Trinajstić information content (AvgIpc) is 2.74. The van der Waals surface area contributed by atoms with Gasteiger partial charge in [0.2, 0.25) is 0 Å². The predicted octanol–water partition coefficient (Wildman–Crippen LogP) is 4.23. The van der Waals surface area contributed by atoms with Gasteiger partial charge in [-0.15, -0.1) is 24.0 Å².